The Kier molecular flexibility index (Phi) is 5.19. The summed E-state index contributed by atoms with van der Waals surface area (Å²) in [5, 5.41) is 18.1. The first-order valence-corrected chi connectivity index (χ1v) is 5.79. The molecule has 0 radical (unpaired) electrons. The van der Waals surface area contributed by atoms with E-state index in [-0.39, 0.29) is 5.69 Å². The van der Waals surface area contributed by atoms with Gasteiger partial charge in [0.1, 0.15) is 0 Å². The smallest absolute Gasteiger partial charge is 0.278 e. The first-order chi connectivity index (χ1) is 8.56. The fourth-order valence-electron chi connectivity index (χ4n) is 1.33. The molecular formula is C11H14N4O2S. The van der Waals surface area contributed by atoms with Crippen molar-refractivity contribution in [3.05, 3.63) is 39.9 Å². The molecule has 0 aliphatic heterocycles. The van der Waals surface area contributed by atoms with Gasteiger partial charge in [0.25, 0.3) is 5.69 Å². The predicted octanol–water partition coefficient (Wildman–Crippen LogP) is 1.80. The average Bonchev–Trinajstić information content (AvgIpc) is 2.36. The number of hydrogen-bond donors (Lipinski definition) is 2. The summed E-state index contributed by atoms with van der Waals surface area (Å²) in [6.07, 6.45) is 0. The summed E-state index contributed by atoms with van der Waals surface area (Å²) in [4.78, 5) is 10.4. The van der Waals surface area contributed by atoms with E-state index in [4.69, 9.17) is 12.2 Å². The van der Waals surface area contributed by atoms with Crippen LogP contribution < -0.4 is 10.7 Å². The topological polar surface area (TPSA) is 79.6 Å². The molecular weight excluding hydrogens is 252 g/mol. The lowest BCUT2D eigenvalue weighted by Gasteiger charge is -2.06. The van der Waals surface area contributed by atoms with Crippen molar-refractivity contribution in [2.75, 3.05) is 6.54 Å². The Morgan fingerprint density at radius 3 is 2.78 bits per heavy atom. The number of nitro groups is 1. The number of hydrazone groups is 1. The van der Waals surface area contributed by atoms with Crippen LogP contribution in [-0.4, -0.2) is 22.3 Å². The van der Waals surface area contributed by atoms with Crippen molar-refractivity contribution in [2.24, 2.45) is 5.10 Å². The molecule has 1 aromatic rings. The van der Waals surface area contributed by atoms with Crippen LogP contribution in [-0.2, 0) is 0 Å². The third-order valence-corrected chi connectivity index (χ3v) is 2.39. The number of rotatable bonds is 4. The third kappa shape index (κ3) is 3.77. The molecule has 1 aromatic carbocycles. The summed E-state index contributed by atoms with van der Waals surface area (Å²) in [6, 6.07) is 6.43. The van der Waals surface area contributed by atoms with Gasteiger partial charge in [-0.15, -0.1) is 0 Å². The number of benzene rings is 1. The van der Waals surface area contributed by atoms with Crippen molar-refractivity contribution in [3.8, 4) is 0 Å². The lowest BCUT2D eigenvalue weighted by atomic mass is 10.1. The van der Waals surface area contributed by atoms with E-state index in [0.29, 0.717) is 22.9 Å². The van der Waals surface area contributed by atoms with E-state index >= 15 is 0 Å². The maximum absolute atomic E-state index is 10.9. The van der Waals surface area contributed by atoms with Crippen LogP contribution in [0.1, 0.15) is 19.4 Å². The highest BCUT2D eigenvalue weighted by atomic mass is 32.1. The van der Waals surface area contributed by atoms with Gasteiger partial charge in [-0.05, 0) is 32.1 Å². The Hall–Kier alpha value is -2.02. The van der Waals surface area contributed by atoms with Crippen LogP contribution in [0.4, 0.5) is 5.69 Å². The van der Waals surface area contributed by atoms with Crippen LogP contribution >= 0.6 is 12.2 Å². The highest BCUT2D eigenvalue weighted by Gasteiger charge is 2.14. The van der Waals surface area contributed by atoms with Gasteiger partial charge in [0.15, 0.2) is 5.11 Å². The van der Waals surface area contributed by atoms with Crippen LogP contribution in [0.25, 0.3) is 0 Å². The van der Waals surface area contributed by atoms with Crippen LogP contribution in [0.5, 0.6) is 0 Å². The van der Waals surface area contributed by atoms with Crippen LogP contribution in [0.2, 0.25) is 0 Å². The minimum Gasteiger partial charge on any atom is -0.362 e. The first kappa shape index (κ1) is 14.0. The van der Waals surface area contributed by atoms with E-state index in [1.165, 1.54) is 6.07 Å². The van der Waals surface area contributed by atoms with E-state index in [1.54, 1.807) is 25.1 Å². The van der Waals surface area contributed by atoms with Crippen LogP contribution in [0.3, 0.4) is 0 Å². The molecule has 96 valence electrons. The summed E-state index contributed by atoms with van der Waals surface area (Å²) in [6.45, 7) is 4.28. The molecule has 0 spiro atoms. The molecule has 0 unspecified atom stereocenters. The Labute approximate surface area is 110 Å². The summed E-state index contributed by atoms with van der Waals surface area (Å²) in [5.74, 6) is 0. The molecule has 0 saturated heterocycles. The molecule has 0 bridgehead atoms. The van der Waals surface area contributed by atoms with Gasteiger partial charge in [-0.25, -0.2) is 0 Å². The van der Waals surface area contributed by atoms with E-state index in [0.717, 1.165) is 0 Å². The number of nitro benzene ring substituents is 1. The molecule has 0 aliphatic rings. The van der Waals surface area contributed by atoms with Crippen molar-refractivity contribution >= 4 is 28.7 Å². The van der Waals surface area contributed by atoms with Gasteiger partial charge >= 0.3 is 0 Å². The highest BCUT2D eigenvalue weighted by molar-refractivity contribution is 7.80. The monoisotopic (exact) mass is 266 g/mol. The Morgan fingerprint density at radius 1 is 1.50 bits per heavy atom. The van der Waals surface area contributed by atoms with E-state index in [1.807, 2.05) is 6.92 Å². The van der Waals surface area contributed by atoms with Gasteiger partial charge in [-0.3, -0.25) is 15.5 Å². The SMILES string of the molecule is CCNC(=S)N/N=C(/C)c1ccccc1[N+](=O)[O-]. The second-order valence-electron chi connectivity index (χ2n) is 3.44. The maximum atomic E-state index is 10.9. The zero-order chi connectivity index (χ0) is 13.5. The predicted molar refractivity (Wildman–Crippen MR) is 74.7 cm³/mol. The number of nitrogens with zero attached hydrogens (tertiary/aromatic N) is 2. The lowest BCUT2D eigenvalue weighted by Crippen LogP contribution is -2.32. The molecule has 0 heterocycles. The number of para-hydroxylation sites is 1. The van der Waals surface area contributed by atoms with Gasteiger partial charge < -0.3 is 5.32 Å². The minimum absolute atomic E-state index is 0.0231. The minimum atomic E-state index is -0.434. The number of hydrogen-bond acceptors (Lipinski definition) is 4. The molecule has 2 N–H and O–H groups in total. The van der Waals surface area contributed by atoms with Crippen molar-refractivity contribution in [2.45, 2.75) is 13.8 Å². The lowest BCUT2D eigenvalue weighted by molar-refractivity contribution is -0.385. The number of thiocarbonyl (C=S) groups is 1. The summed E-state index contributed by atoms with van der Waals surface area (Å²) in [7, 11) is 0. The van der Waals surface area contributed by atoms with E-state index in [9.17, 15) is 10.1 Å². The van der Waals surface area contributed by atoms with Crippen molar-refractivity contribution in [1.82, 2.24) is 10.7 Å². The standard InChI is InChI=1S/C11H14N4O2S/c1-3-12-11(18)14-13-8(2)9-6-4-5-7-10(9)15(16)17/h4-7H,3H2,1-2H3,(H2,12,14,18)/b13-8-. The van der Waals surface area contributed by atoms with E-state index < -0.39 is 4.92 Å². The van der Waals surface area contributed by atoms with Crippen molar-refractivity contribution < 1.29 is 4.92 Å². The largest absolute Gasteiger partial charge is 0.362 e. The van der Waals surface area contributed by atoms with Gasteiger partial charge in [-0.1, -0.05) is 12.1 Å². The summed E-state index contributed by atoms with van der Waals surface area (Å²) < 4.78 is 0. The Morgan fingerprint density at radius 2 is 2.17 bits per heavy atom. The fraction of sp³-hybridized carbons (Fsp3) is 0.273. The molecule has 0 atom stereocenters. The second-order valence-corrected chi connectivity index (χ2v) is 3.85. The van der Waals surface area contributed by atoms with Gasteiger partial charge in [0.2, 0.25) is 0 Å². The van der Waals surface area contributed by atoms with E-state index in [2.05, 4.69) is 15.8 Å². The van der Waals surface area contributed by atoms with Crippen molar-refractivity contribution in [1.29, 1.82) is 0 Å². The molecule has 18 heavy (non-hydrogen) atoms. The second kappa shape index (κ2) is 6.65. The molecule has 6 nitrogen and oxygen atoms in total. The van der Waals surface area contributed by atoms with Crippen molar-refractivity contribution in [3.63, 3.8) is 0 Å². The zero-order valence-electron chi connectivity index (χ0n) is 10.1. The number of nitrogens with one attached hydrogen (secondary N) is 2. The van der Waals surface area contributed by atoms with Crippen LogP contribution in [0, 0.1) is 10.1 Å². The molecule has 0 aliphatic carbocycles. The quantitative estimate of drug-likeness (QED) is 0.376. The molecule has 7 heteroatoms. The van der Waals surface area contributed by atoms with Gasteiger partial charge in [0.05, 0.1) is 16.2 Å². The third-order valence-electron chi connectivity index (χ3n) is 2.15. The molecule has 0 saturated carbocycles. The van der Waals surface area contributed by atoms with Gasteiger partial charge in [0, 0.05) is 12.6 Å². The maximum Gasteiger partial charge on any atom is 0.278 e. The first-order valence-electron chi connectivity index (χ1n) is 5.38. The molecule has 0 aromatic heterocycles. The zero-order valence-corrected chi connectivity index (χ0v) is 11.0. The molecule has 0 fully saturated rings. The summed E-state index contributed by atoms with van der Waals surface area (Å²) >= 11 is 4.94. The van der Waals surface area contributed by atoms with Gasteiger partial charge in [-0.2, -0.15) is 5.10 Å². The molecule has 1 rings (SSSR count). The fourth-order valence-corrected chi connectivity index (χ4v) is 1.52. The Balaban J connectivity index is 2.90. The Bertz CT molecular complexity index is 488. The summed E-state index contributed by atoms with van der Waals surface area (Å²) in [5.41, 5.74) is 3.63. The normalized spacial score (nSPS) is 10.9. The van der Waals surface area contributed by atoms with Crippen LogP contribution in [0.15, 0.2) is 29.4 Å². The molecule has 0 amide bonds. The highest BCUT2D eigenvalue weighted by Crippen LogP contribution is 2.18. The average molecular weight is 266 g/mol.